The first-order valence-electron chi connectivity index (χ1n) is 5.94. The Kier molecular flexibility index (Phi) is 3.64. The topological polar surface area (TPSA) is 43.8 Å². The highest BCUT2D eigenvalue weighted by Crippen LogP contribution is 2.19. The second-order valence-electron chi connectivity index (χ2n) is 4.38. The van der Waals surface area contributed by atoms with E-state index in [1.54, 1.807) is 11.3 Å². The second-order valence-corrected chi connectivity index (χ2v) is 5.67. The third-order valence-electron chi connectivity index (χ3n) is 3.03. The number of nitrogens with two attached hydrogens (primary N) is 1. The van der Waals surface area contributed by atoms with Gasteiger partial charge in [-0.25, -0.2) is 4.98 Å². The average Bonchev–Trinajstić information content (AvgIpc) is 2.87. The van der Waals surface area contributed by atoms with Crippen LogP contribution in [0.15, 0.2) is 18.5 Å². The third-order valence-corrected chi connectivity index (χ3v) is 4.09. The van der Waals surface area contributed by atoms with Crippen LogP contribution in [0.3, 0.4) is 0 Å². The zero-order valence-corrected chi connectivity index (χ0v) is 11.4. The van der Waals surface area contributed by atoms with Gasteiger partial charge in [0.2, 0.25) is 0 Å². The average molecular weight is 249 g/mol. The number of nitrogens with zero attached hydrogens (tertiary/aromatic N) is 2. The molecule has 2 aromatic heterocycles. The molecule has 2 N–H and O–H groups in total. The van der Waals surface area contributed by atoms with Gasteiger partial charge in [-0.05, 0) is 31.9 Å². The number of aryl methyl sites for hydroxylation is 2. The molecule has 17 heavy (non-hydrogen) atoms. The highest BCUT2D eigenvalue weighted by Gasteiger charge is 2.07. The summed E-state index contributed by atoms with van der Waals surface area (Å²) < 4.78 is 2.16. The van der Waals surface area contributed by atoms with Gasteiger partial charge >= 0.3 is 0 Å². The molecule has 0 bridgehead atoms. The molecule has 0 aromatic carbocycles. The fourth-order valence-electron chi connectivity index (χ4n) is 1.78. The lowest BCUT2D eigenvalue weighted by molar-refractivity contribution is 0.692. The molecular weight excluding hydrogens is 230 g/mol. The summed E-state index contributed by atoms with van der Waals surface area (Å²) in [5.41, 5.74) is 8.35. The molecule has 2 rings (SSSR count). The summed E-state index contributed by atoms with van der Waals surface area (Å²) in [5.74, 6) is 0. The van der Waals surface area contributed by atoms with Crippen LogP contribution >= 0.6 is 11.3 Å². The minimum absolute atomic E-state index is 0.149. The number of hydrogen-bond acceptors (Lipinski definition) is 3. The van der Waals surface area contributed by atoms with Gasteiger partial charge < -0.3 is 10.3 Å². The molecule has 0 saturated heterocycles. The molecule has 4 heteroatoms. The molecule has 2 aromatic rings. The van der Waals surface area contributed by atoms with Crippen LogP contribution in [-0.2, 0) is 6.54 Å². The standard InChI is InChI=1S/C13H19N3S/c1-4-12(14)11-5-6-16(7-11)8-13-15-9(2)10(3)17-13/h5-7,12H,4,8,14H2,1-3H3. The highest BCUT2D eigenvalue weighted by molar-refractivity contribution is 7.11. The Hall–Kier alpha value is -1.13. The lowest BCUT2D eigenvalue weighted by Gasteiger charge is -2.05. The summed E-state index contributed by atoms with van der Waals surface area (Å²) in [6.07, 6.45) is 5.18. The van der Waals surface area contributed by atoms with E-state index in [-0.39, 0.29) is 6.04 Å². The van der Waals surface area contributed by atoms with Crippen molar-refractivity contribution in [1.82, 2.24) is 9.55 Å². The van der Waals surface area contributed by atoms with Crippen molar-refractivity contribution in [2.45, 2.75) is 39.8 Å². The van der Waals surface area contributed by atoms with Crippen LogP contribution in [0.5, 0.6) is 0 Å². The van der Waals surface area contributed by atoms with E-state index in [9.17, 15) is 0 Å². The number of aromatic nitrogens is 2. The van der Waals surface area contributed by atoms with Crippen LogP contribution in [0, 0.1) is 13.8 Å². The minimum Gasteiger partial charge on any atom is -0.347 e. The number of hydrogen-bond donors (Lipinski definition) is 1. The molecule has 92 valence electrons. The monoisotopic (exact) mass is 249 g/mol. The van der Waals surface area contributed by atoms with E-state index in [2.05, 4.69) is 48.8 Å². The van der Waals surface area contributed by atoms with Crippen molar-refractivity contribution < 1.29 is 0 Å². The van der Waals surface area contributed by atoms with Crippen molar-refractivity contribution >= 4 is 11.3 Å². The summed E-state index contributed by atoms with van der Waals surface area (Å²) in [6, 6.07) is 2.25. The molecule has 3 nitrogen and oxygen atoms in total. The SMILES string of the molecule is CCC(N)c1ccn(Cc2nc(C)c(C)s2)c1. The first kappa shape index (κ1) is 12.3. The molecule has 0 fully saturated rings. The maximum absolute atomic E-state index is 6.00. The smallest absolute Gasteiger partial charge is 0.113 e. The van der Waals surface area contributed by atoms with E-state index in [1.807, 2.05) is 0 Å². The summed E-state index contributed by atoms with van der Waals surface area (Å²) >= 11 is 1.77. The molecular formula is C13H19N3S. The Labute approximate surface area is 106 Å². The maximum atomic E-state index is 6.00. The zero-order valence-electron chi connectivity index (χ0n) is 10.6. The van der Waals surface area contributed by atoms with Crippen molar-refractivity contribution in [3.05, 3.63) is 39.6 Å². The van der Waals surface area contributed by atoms with Gasteiger partial charge in [-0.15, -0.1) is 11.3 Å². The van der Waals surface area contributed by atoms with E-state index in [0.29, 0.717) is 0 Å². The van der Waals surface area contributed by atoms with E-state index < -0.39 is 0 Å². The van der Waals surface area contributed by atoms with Crippen molar-refractivity contribution in [1.29, 1.82) is 0 Å². The Balaban J connectivity index is 2.11. The fourth-order valence-corrected chi connectivity index (χ4v) is 2.72. The molecule has 0 spiro atoms. The molecule has 0 amide bonds. The number of thiazole rings is 1. The van der Waals surface area contributed by atoms with Crippen LogP contribution in [0.25, 0.3) is 0 Å². The number of rotatable bonds is 4. The van der Waals surface area contributed by atoms with Gasteiger partial charge in [-0.1, -0.05) is 6.92 Å². The van der Waals surface area contributed by atoms with Crippen LogP contribution in [0.4, 0.5) is 0 Å². The highest BCUT2D eigenvalue weighted by atomic mass is 32.1. The van der Waals surface area contributed by atoms with Crippen molar-refractivity contribution in [3.63, 3.8) is 0 Å². The van der Waals surface area contributed by atoms with Gasteiger partial charge in [0, 0.05) is 23.3 Å². The van der Waals surface area contributed by atoms with Crippen molar-refractivity contribution in [2.24, 2.45) is 5.73 Å². The van der Waals surface area contributed by atoms with Crippen LogP contribution < -0.4 is 5.73 Å². The van der Waals surface area contributed by atoms with Crippen LogP contribution in [0.2, 0.25) is 0 Å². The Morgan fingerprint density at radius 3 is 2.82 bits per heavy atom. The summed E-state index contributed by atoms with van der Waals surface area (Å²) in [6.45, 7) is 7.12. The molecule has 1 unspecified atom stereocenters. The molecule has 0 saturated carbocycles. The maximum Gasteiger partial charge on any atom is 0.113 e. The van der Waals surface area contributed by atoms with Gasteiger partial charge in [0.1, 0.15) is 5.01 Å². The van der Waals surface area contributed by atoms with Gasteiger partial charge in [0.05, 0.1) is 12.2 Å². The largest absolute Gasteiger partial charge is 0.347 e. The fraction of sp³-hybridized carbons (Fsp3) is 0.462. The van der Waals surface area contributed by atoms with E-state index in [1.165, 1.54) is 10.4 Å². The van der Waals surface area contributed by atoms with Gasteiger partial charge in [0.25, 0.3) is 0 Å². The van der Waals surface area contributed by atoms with Crippen LogP contribution in [0.1, 0.15) is 40.5 Å². The van der Waals surface area contributed by atoms with Gasteiger partial charge in [0.15, 0.2) is 0 Å². The van der Waals surface area contributed by atoms with E-state index in [4.69, 9.17) is 5.73 Å². The zero-order chi connectivity index (χ0) is 12.4. The normalized spacial score (nSPS) is 12.9. The Morgan fingerprint density at radius 1 is 1.47 bits per heavy atom. The quantitative estimate of drug-likeness (QED) is 0.905. The molecule has 1 atom stereocenters. The molecule has 0 radical (unpaired) electrons. The predicted molar refractivity (Wildman–Crippen MR) is 72.3 cm³/mol. The summed E-state index contributed by atoms with van der Waals surface area (Å²) in [7, 11) is 0. The Bertz CT molecular complexity index is 479. The molecule has 0 aliphatic heterocycles. The molecule has 0 aliphatic rings. The van der Waals surface area contributed by atoms with Crippen LogP contribution in [-0.4, -0.2) is 9.55 Å². The first-order chi connectivity index (χ1) is 8.10. The lowest BCUT2D eigenvalue weighted by Crippen LogP contribution is -2.07. The van der Waals surface area contributed by atoms with Gasteiger partial charge in [-0.3, -0.25) is 0 Å². The lowest BCUT2D eigenvalue weighted by atomic mass is 10.1. The Morgan fingerprint density at radius 2 is 2.24 bits per heavy atom. The van der Waals surface area contributed by atoms with Crippen molar-refractivity contribution in [2.75, 3.05) is 0 Å². The second kappa shape index (κ2) is 5.02. The minimum atomic E-state index is 0.149. The molecule has 0 aliphatic carbocycles. The molecule has 2 heterocycles. The first-order valence-corrected chi connectivity index (χ1v) is 6.76. The van der Waals surface area contributed by atoms with Crippen molar-refractivity contribution in [3.8, 4) is 0 Å². The van der Waals surface area contributed by atoms with E-state index in [0.717, 1.165) is 23.7 Å². The summed E-state index contributed by atoms with van der Waals surface area (Å²) in [4.78, 5) is 5.85. The third kappa shape index (κ3) is 2.76. The van der Waals surface area contributed by atoms with E-state index >= 15 is 0 Å². The summed E-state index contributed by atoms with van der Waals surface area (Å²) in [5, 5.41) is 1.16. The predicted octanol–water partition coefficient (Wildman–Crippen LogP) is 3.02. The van der Waals surface area contributed by atoms with Gasteiger partial charge in [-0.2, -0.15) is 0 Å².